The van der Waals surface area contributed by atoms with Gasteiger partial charge in [-0.05, 0) is 18.4 Å². The van der Waals surface area contributed by atoms with Gasteiger partial charge in [0.25, 0.3) is 0 Å². The molecule has 3 rings (SSSR count). The molecule has 4 nitrogen and oxygen atoms in total. The van der Waals surface area contributed by atoms with E-state index in [0.29, 0.717) is 23.4 Å². The van der Waals surface area contributed by atoms with Crippen molar-refractivity contribution < 1.29 is 9.47 Å². The molecular weight excluding hydrogens is 288 g/mol. The van der Waals surface area contributed by atoms with Crippen LogP contribution < -0.4 is 4.74 Å². The third-order valence-electron chi connectivity index (χ3n) is 3.79. The second-order valence-electron chi connectivity index (χ2n) is 5.21. The Morgan fingerprint density at radius 1 is 1.19 bits per heavy atom. The van der Waals surface area contributed by atoms with E-state index >= 15 is 0 Å². The van der Waals surface area contributed by atoms with Crippen LogP contribution in [0.5, 0.6) is 5.75 Å². The van der Waals surface area contributed by atoms with Crippen molar-refractivity contribution >= 4 is 11.6 Å². The van der Waals surface area contributed by atoms with Crippen LogP contribution in [0.3, 0.4) is 0 Å². The highest BCUT2D eigenvalue weighted by Crippen LogP contribution is 2.41. The Labute approximate surface area is 129 Å². The second kappa shape index (κ2) is 6.41. The highest BCUT2D eigenvalue weighted by atomic mass is 35.5. The summed E-state index contributed by atoms with van der Waals surface area (Å²) in [7, 11) is 1.62. The smallest absolute Gasteiger partial charge is 0.155 e. The first-order valence-electron chi connectivity index (χ1n) is 6.99. The Kier molecular flexibility index (Phi) is 4.36. The SMILES string of the molecule is COc1cc(Cl)nnc1C1CC(OCc2ccccc2)C1. The lowest BCUT2D eigenvalue weighted by molar-refractivity contribution is -0.0220. The molecule has 21 heavy (non-hydrogen) atoms. The Hall–Kier alpha value is -1.65. The molecule has 1 aliphatic rings. The monoisotopic (exact) mass is 304 g/mol. The third kappa shape index (κ3) is 3.34. The van der Waals surface area contributed by atoms with E-state index in [2.05, 4.69) is 22.3 Å². The zero-order chi connectivity index (χ0) is 14.7. The number of rotatable bonds is 5. The van der Waals surface area contributed by atoms with Crippen LogP contribution in [-0.2, 0) is 11.3 Å². The first-order valence-corrected chi connectivity index (χ1v) is 7.36. The van der Waals surface area contributed by atoms with Gasteiger partial charge in [0.05, 0.1) is 19.8 Å². The molecule has 2 aromatic rings. The summed E-state index contributed by atoms with van der Waals surface area (Å²) in [5, 5.41) is 8.42. The van der Waals surface area contributed by atoms with Crippen molar-refractivity contribution in [3.05, 3.63) is 52.8 Å². The molecule has 110 valence electrons. The average molecular weight is 305 g/mol. The van der Waals surface area contributed by atoms with E-state index in [4.69, 9.17) is 21.1 Å². The minimum atomic E-state index is 0.275. The molecule has 0 atom stereocenters. The average Bonchev–Trinajstić information content (AvgIpc) is 2.47. The maximum absolute atomic E-state index is 5.90. The van der Waals surface area contributed by atoms with Gasteiger partial charge in [-0.2, -0.15) is 0 Å². The topological polar surface area (TPSA) is 44.2 Å². The normalized spacial score (nSPS) is 20.9. The quantitative estimate of drug-likeness (QED) is 0.846. The van der Waals surface area contributed by atoms with Crippen molar-refractivity contribution in [3.8, 4) is 5.75 Å². The first kappa shape index (κ1) is 14.3. The maximum atomic E-state index is 5.90. The Balaban J connectivity index is 1.54. The fraction of sp³-hybridized carbons (Fsp3) is 0.375. The predicted molar refractivity (Wildman–Crippen MR) is 80.6 cm³/mol. The van der Waals surface area contributed by atoms with Crippen LogP contribution in [0, 0.1) is 0 Å². The maximum Gasteiger partial charge on any atom is 0.155 e. The van der Waals surface area contributed by atoms with Crippen molar-refractivity contribution in [3.63, 3.8) is 0 Å². The zero-order valence-corrected chi connectivity index (χ0v) is 12.6. The molecular formula is C16H17ClN2O2. The number of ether oxygens (including phenoxy) is 2. The van der Waals surface area contributed by atoms with Crippen LogP contribution in [0.4, 0.5) is 0 Å². The van der Waals surface area contributed by atoms with Crippen LogP contribution in [0.15, 0.2) is 36.4 Å². The number of aromatic nitrogens is 2. The lowest BCUT2D eigenvalue weighted by Gasteiger charge is -2.35. The highest BCUT2D eigenvalue weighted by Gasteiger charge is 2.34. The van der Waals surface area contributed by atoms with E-state index in [9.17, 15) is 0 Å². The predicted octanol–water partition coefficient (Wildman–Crippen LogP) is 3.60. The highest BCUT2D eigenvalue weighted by molar-refractivity contribution is 6.29. The van der Waals surface area contributed by atoms with Gasteiger partial charge >= 0.3 is 0 Å². The second-order valence-corrected chi connectivity index (χ2v) is 5.59. The number of nitrogens with zero attached hydrogens (tertiary/aromatic N) is 2. The summed E-state index contributed by atoms with van der Waals surface area (Å²) in [5.74, 6) is 1.05. The van der Waals surface area contributed by atoms with Gasteiger partial charge in [0.15, 0.2) is 5.15 Å². The molecule has 0 radical (unpaired) electrons. The van der Waals surface area contributed by atoms with Gasteiger partial charge in [-0.15, -0.1) is 10.2 Å². The molecule has 1 saturated carbocycles. The minimum absolute atomic E-state index is 0.275. The van der Waals surface area contributed by atoms with E-state index < -0.39 is 0 Å². The van der Waals surface area contributed by atoms with Gasteiger partial charge in [-0.25, -0.2) is 0 Å². The Morgan fingerprint density at radius 3 is 2.67 bits per heavy atom. The molecule has 0 aliphatic heterocycles. The molecule has 1 aromatic heterocycles. The van der Waals surface area contributed by atoms with Crippen LogP contribution in [-0.4, -0.2) is 23.4 Å². The molecule has 0 bridgehead atoms. The van der Waals surface area contributed by atoms with E-state index in [1.807, 2.05) is 18.2 Å². The molecule has 0 unspecified atom stereocenters. The van der Waals surface area contributed by atoms with Crippen LogP contribution >= 0.6 is 11.6 Å². The van der Waals surface area contributed by atoms with Crippen LogP contribution in [0.25, 0.3) is 0 Å². The lowest BCUT2D eigenvalue weighted by Crippen LogP contribution is -2.30. The summed E-state index contributed by atoms with van der Waals surface area (Å²) < 4.78 is 11.2. The van der Waals surface area contributed by atoms with Gasteiger partial charge in [0, 0.05) is 12.0 Å². The molecule has 1 heterocycles. The van der Waals surface area contributed by atoms with Crippen molar-refractivity contribution in [1.29, 1.82) is 0 Å². The Bertz CT molecular complexity index is 600. The number of halogens is 1. The van der Waals surface area contributed by atoms with Crippen LogP contribution in [0.1, 0.15) is 30.0 Å². The standard InChI is InChI=1S/C16H17ClN2O2/c1-20-14-9-15(17)18-19-16(14)12-7-13(8-12)21-10-11-5-3-2-4-6-11/h2-6,9,12-13H,7-8,10H2,1H3. The summed E-state index contributed by atoms with van der Waals surface area (Å²) in [6.45, 7) is 0.654. The van der Waals surface area contributed by atoms with Gasteiger partial charge in [0.2, 0.25) is 0 Å². The number of benzene rings is 1. The van der Waals surface area contributed by atoms with Gasteiger partial charge in [0.1, 0.15) is 11.4 Å². The largest absolute Gasteiger partial charge is 0.495 e. The summed E-state index contributed by atoms with van der Waals surface area (Å²) in [6, 6.07) is 11.9. The summed E-state index contributed by atoms with van der Waals surface area (Å²) in [4.78, 5) is 0. The van der Waals surface area contributed by atoms with Crippen LogP contribution in [0.2, 0.25) is 5.15 Å². The molecule has 0 spiro atoms. The summed E-state index contributed by atoms with van der Waals surface area (Å²) in [6.07, 6.45) is 2.16. The molecule has 0 N–H and O–H groups in total. The number of methoxy groups -OCH3 is 1. The molecule has 0 amide bonds. The molecule has 0 saturated heterocycles. The fourth-order valence-electron chi connectivity index (χ4n) is 2.52. The fourth-order valence-corrected chi connectivity index (χ4v) is 2.66. The number of hydrogen-bond donors (Lipinski definition) is 0. The van der Waals surface area contributed by atoms with Crippen molar-refractivity contribution in [1.82, 2.24) is 10.2 Å². The molecule has 1 fully saturated rings. The van der Waals surface area contributed by atoms with Crippen molar-refractivity contribution in [2.75, 3.05) is 7.11 Å². The Morgan fingerprint density at radius 2 is 1.95 bits per heavy atom. The van der Waals surface area contributed by atoms with E-state index in [-0.39, 0.29) is 6.10 Å². The zero-order valence-electron chi connectivity index (χ0n) is 11.8. The van der Waals surface area contributed by atoms with Gasteiger partial charge < -0.3 is 9.47 Å². The first-order chi connectivity index (χ1) is 10.3. The number of hydrogen-bond acceptors (Lipinski definition) is 4. The molecule has 1 aliphatic carbocycles. The van der Waals surface area contributed by atoms with Gasteiger partial charge in [-0.1, -0.05) is 41.9 Å². The minimum Gasteiger partial charge on any atom is -0.495 e. The summed E-state index contributed by atoms with van der Waals surface area (Å²) >= 11 is 5.83. The third-order valence-corrected chi connectivity index (χ3v) is 3.97. The van der Waals surface area contributed by atoms with E-state index in [0.717, 1.165) is 18.5 Å². The van der Waals surface area contributed by atoms with Crippen molar-refractivity contribution in [2.45, 2.75) is 31.5 Å². The summed E-state index contributed by atoms with van der Waals surface area (Å²) in [5.41, 5.74) is 2.08. The van der Waals surface area contributed by atoms with Gasteiger partial charge in [-0.3, -0.25) is 0 Å². The molecule has 1 aromatic carbocycles. The van der Waals surface area contributed by atoms with E-state index in [1.165, 1.54) is 5.56 Å². The van der Waals surface area contributed by atoms with Crippen molar-refractivity contribution in [2.24, 2.45) is 0 Å². The lowest BCUT2D eigenvalue weighted by atomic mass is 9.79. The molecule has 5 heteroatoms. The van der Waals surface area contributed by atoms with E-state index in [1.54, 1.807) is 13.2 Å².